The second kappa shape index (κ2) is 10.2. The summed E-state index contributed by atoms with van der Waals surface area (Å²) >= 11 is 0. The molecule has 0 radical (unpaired) electrons. The van der Waals surface area contributed by atoms with Crippen molar-refractivity contribution in [1.29, 1.82) is 0 Å². The highest BCUT2D eigenvalue weighted by molar-refractivity contribution is 5.98. The van der Waals surface area contributed by atoms with Crippen LogP contribution < -0.4 is 15.4 Å². The predicted octanol–water partition coefficient (Wildman–Crippen LogP) is 2.95. The standard InChI is InChI=1S/C25H25F3N6O5/c26-15-2-1-14(9-18(15)39-22(27)28)11-29-19(35)16-10-17(34-23(33-16)31-13-32-34)20(36)30-12-24-3-6-25(7-4-24,8-5-24)21(37)38/h1-2,9-10,13,22H,3-8,11-12H2,(H,29,35)(H,30,36)(H,37,38). The van der Waals surface area contributed by atoms with E-state index in [0.717, 1.165) is 12.1 Å². The van der Waals surface area contributed by atoms with Gasteiger partial charge >= 0.3 is 12.6 Å². The molecule has 0 aliphatic heterocycles. The molecule has 0 atom stereocenters. The van der Waals surface area contributed by atoms with Crippen molar-refractivity contribution in [2.45, 2.75) is 51.7 Å². The van der Waals surface area contributed by atoms with E-state index in [-0.39, 0.29) is 29.1 Å². The summed E-state index contributed by atoms with van der Waals surface area (Å²) in [5, 5.41) is 19.1. The summed E-state index contributed by atoms with van der Waals surface area (Å²) in [6.45, 7) is -3.00. The van der Waals surface area contributed by atoms with Gasteiger partial charge in [0.15, 0.2) is 11.6 Å². The molecule has 2 aromatic heterocycles. The quantitative estimate of drug-likeness (QED) is 0.371. The van der Waals surface area contributed by atoms with E-state index in [1.54, 1.807) is 0 Å². The molecule has 1 aromatic carbocycles. The first-order valence-corrected chi connectivity index (χ1v) is 12.3. The Morgan fingerprint density at radius 1 is 1.05 bits per heavy atom. The molecule has 0 saturated heterocycles. The summed E-state index contributed by atoms with van der Waals surface area (Å²) in [5.41, 5.74) is -0.638. The first-order chi connectivity index (χ1) is 18.6. The molecule has 3 saturated carbocycles. The SMILES string of the molecule is O=C(NCc1ccc(F)c(OC(F)F)c1)c1cc(C(=O)NCC23CCC(C(=O)O)(CC2)CC3)n2ncnc2n1. The number of halogens is 3. The van der Waals surface area contributed by atoms with E-state index in [2.05, 4.69) is 30.4 Å². The van der Waals surface area contributed by atoms with Crippen LogP contribution in [0.1, 0.15) is 65.1 Å². The number of amides is 2. The number of hydrogen-bond donors (Lipinski definition) is 3. The third-order valence-electron chi connectivity index (χ3n) is 7.86. The van der Waals surface area contributed by atoms with Gasteiger partial charge in [-0.15, -0.1) is 0 Å². The minimum Gasteiger partial charge on any atom is -0.481 e. The van der Waals surface area contributed by atoms with E-state index < -0.39 is 41.4 Å². The van der Waals surface area contributed by atoms with E-state index in [1.807, 2.05) is 0 Å². The number of alkyl halides is 2. The van der Waals surface area contributed by atoms with Crippen LogP contribution in [-0.4, -0.2) is 55.6 Å². The Morgan fingerprint density at radius 3 is 2.44 bits per heavy atom. The van der Waals surface area contributed by atoms with E-state index in [4.69, 9.17) is 0 Å². The fourth-order valence-corrected chi connectivity index (χ4v) is 5.41. The van der Waals surface area contributed by atoms with Crippen molar-refractivity contribution < 1.29 is 37.4 Å². The van der Waals surface area contributed by atoms with Crippen molar-refractivity contribution in [3.05, 3.63) is 53.4 Å². The molecule has 2 bridgehead atoms. The average Bonchev–Trinajstić information content (AvgIpc) is 3.41. The molecule has 6 rings (SSSR count). The molecule has 0 unspecified atom stereocenters. The lowest BCUT2D eigenvalue weighted by molar-refractivity contribution is -0.158. The van der Waals surface area contributed by atoms with Crippen LogP contribution >= 0.6 is 0 Å². The van der Waals surface area contributed by atoms with Crippen molar-refractivity contribution in [1.82, 2.24) is 30.2 Å². The Balaban J connectivity index is 1.27. The fraction of sp³-hybridized carbons (Fsp3) is 0.440. The van der Waals surface area contributed by atoms with Crippen molar-refractivity contribution in [3.63, 3.8) is 0 Å². The predicted molar refractivity (Wildman–Crippen MR) is 128 cm³/mol. The van der Waals surface area contributed by atoms with Crippen LogP contribution in [0.5, 0.6) is 5.75 Å². The maximum Gasteiger partial charge on any atom is 0.387 e. The van der Waals surface area contributed by atoms with Crippen LogP contribution in [0.2, 0.25) is 0 Å². The molecule has 3 aliphatic rings. The highest BCUT2D eigenvalue weighted by Crippen LogP contribution is 2.56. The summed E-state index contributed by atoms with van der Waals surface area (Å²) in [6.07, 6.45) is 5.04. The number of carboxylic acids is 1. The number of ether oxygens (including phenoxy) is 1. The van der Waals surface area contributed by atoms with Gasteiger partial charge in [0.25, 0.3) is 17.6 Å². The van der Waals surface area contributed by atoms with Crippen LogP contribution in [0.3, 0.4) is 0 Å². The molecule has 39 heavy (non-hydrogen) atoms. The lowest BCUT2D eigenvalue weighted by atomic mass is 9.53. The first-order valence-electron chi connectivity index (χ1n) is 12.3. The summed E-state index contributed by atoms with van der Waals surface area (Å²) in [4.78, 5) is 45.8. The topological polar surface area (TPSA) is 148 Å². The van der Waals surface area contributed by atoms with E-state index in [9.17, 15) is 32.7 Å². The maximum atomic E-state index is 13.7. The number of nitrogens with one attached hydrogen (secondary N) is 2. The van der Waals surface area contributed by atoms with Crippen LogP contribution in [0, 0.1) is 16.6 Å². The Morgan fingerprint density at radius 2 is 1.77 bits per heavy atom. The average molecular weight is 547 g/mol. The highest BCUT2D eigenvalue weighted by Gasteiger charge is 2.52. The van der Waals surface area contributed by atoms with Crippen LogP contribution in [0.25, 0.3) is 5.78 Å². The fourth-order valence-electron chi connectivity index (χ4n) is 5.41. The molecule has 3 fully saturated rings. The number of carboxylic acid groups (broad SMARTS) is 1. The van der Waals surface area contributed by atoms with E-state index in [1.165, 1.54) is 23.0 Å². The van der Waals surface area contributed by atoms with Crippen LogP contribution in [0.4, 0.5) is 13.2 Å². The third kappa shape index (κ3) is 5.22. The number of hydrogen-bond acceptors (Lipinski definition) is 7. The van der Waals surface area contributed by atoms with E-state index in [0.29, 0.717) is 50.6 Å². The third-order valence-corrected chi connectivity index (χ3v) is 7.86. The lowest BCUT2D eigenvalue weighted by Gasteiger charge is -2.51. The van der Waals surface area contributed by atoms with Gasteiger partial charge in [-0.2, -0.15) is 23.4 Å². The molecule has 14 heteroatoms. The number of benzene rings is 1. The lowest BCUT2D eigenvalue weighted by Crippen LogP contribution is -2.50. The van der Waals surface area contributed by atoms with Gasteiger partial charge in [0.05, 0.1) is 5.41 Å². The molecule has 3 N–H and O–H groups in total. The highest BCUT2D eigenvalue weighted by atomic mass is 19.3. The zero-order valence-corrected chi connectivity index (χ0v) is 20.6. The molecule has 0 spiro atoms. The largest absolute Gasteiger partial charge is 0.481 e. The summed E-state index contributed by atoms with van der Waals surface area (Å²) in [7, 11) is 0. The number of carbonyl (C=O) groups is 3. The second-order valence-corrected chi connectivity index (χ2v) is 10.1. The zero-order chi connectivity index (χ0) is 27.8. The Labute approximate surface area is 219 Å². The maximum absolute atomic E-state index is 13.7. The van der Waals surface area contributed by atoms with E-state index >= 15 is 0 Å². The van der Waals surface area contributed by atoms with Crippen molar-refractivity contribution in [2.24, 2.45) is 10.8 Å². The molecular weight excluding hydrogens is 521 g/mol. The Hall–Kier alpha value is -4.23. The number of rotatable bonds is 9. The molecule has 2 amide bonds. The minimum absolute atomic E-state index is 0.0157. The number of aromatic nitrogens is 4. The Bertz CT molecular complexity index is 1420. The smallest absolute Gasteiger partial charge is 0.387 e. The number of carbonyl (C=O) groups excluding carboxylic acids is 2. The van der Waals surface area contributed by atoms with Crippen LogP contribution in [-0.2, 0) is 11.3 Å². The zero-order valence-electron chi connectivity index (χ0n) is 20.6. The number of fused-ring (bicyclic) bond motifs is 4. The van der Waals surface area contributed by atoms with Gasteiger partial charge in [-0.05, 0) is 61.6 Å². The molecule has 206 valence electrons. The van der Waals surface area contributed by atoms with Gasteiger partial charge in [0.2, 0.25) is 0 Å². The summed E-state index contributed by atoms with van der Waals surface area (Å²) in [5.74, 6) is -3.54. The Kier molecular flexibility index (Phi) is 6.87. The molecule has 2 heterocycles. The second-order valence-electron chi connectivity index (χ2n) is 10.1. The summed E-state index contributed by atoms with van der Waals surface area (Å²) < 4.78 is 44.0. The molecule has 3 aliphatic carbocycles. The summed E-state index contributed by atoms with van der Waals surface area (Å²) in [6, 6.07) is 4.56. The molecular formula is C25H25F3N6O5. The first kappa shape index (κ1) is 26.4. The molecule has 11 nitrogen and oxygen atoms in total. The molecule has 3 aromatic rings. The van der Waals surface area contributed by atoms with Gasteiger partial charge in [0, 0.05) is 19.2 Å². The van der Waals surface area contributed by atoms with Gasteiger partial charge in [0.1, 0.15) is 17.7 Å². The normalized spacial score (nSPS) is 22.2. The van der Waals surface area contributed by atoms with Crippen molar-refractivity contribution in [3.8, 4) is 5.75 Å². The van der Waals surface area contributed by atoms with Gasteiger partial charge in [-0.1, -0.05) is 6.07 Å². The number of aliphatic carboxylic acids is 1. The van der Waals surface area contributed by atoms with Crippen molar-refractivity contribution in [2.75, 3.05) is 6.54 Å². The van der Waals surface area contributed by atoms with Crippen LogP contribution in [0.15, 0.2) is 30.6 Å². The van der Waals surface area contributed by atoms with Gasteiger partial charge in [-0.25, -0.2) is 9.37 Å². The van der Waals surface area contributed by atoms with Crippen molar-refractivity contribution >= 4 is 23.6 Å². The van der Waals surface area contributed by atoms with Gasteiger partial charge in [-0.3, -0.25) is 14.4 Å². The van der Waals surface area contributed by atoms with Gasteiger partial charge < -0.3 is 20.5 Å². The minimum atomic E-state index is -3.21. The number of nitrogens with zero attached hydrogens (tertiary/aromatic N) is 4. The monoisotopic (exact) mass is 546 g/mol.